The van der Waals surface area contributed by atoms with Gasteiger partial charge in [-0.1, -0.05) is 23.7 Å². The van der Waals surface area contributed by atoms with Crippen LogP contribution < -0.4 is 10.2 Å². The predicted octanol–water partition coefficient (Wildman–Crippen LogP) is 3.24. The van der Waals surface area contributed by atoms with Crippen molar-refractivity contribution in [1.29, 1.82) is 0 Å². The second-order valence-electron chi connectivity index (χ2n) is 5.65. The maximum Gasteiger partial charge on any atom is 0.269 e. The monoisotopic (exact) mass is 359 g/mol. The van der Waals surface area contributed by atoms with E-state index in [1.54, 1.807) is 24.3 Å². The smallest absolute Gasteiger partial charge is 0.269 e. The van der Waals surface area contributed by atoms with Crippen molar-refractivity contribution in [1.82, 2.24) is 0 Å². The number of nitro groups is 1. The fraction of sp³-hybridized carbons (Fsp3) is 0.176. The first kappa shape index (κ1) is 16.9. The number of nitro benzene ring substituents is 1. The molecule has 0 aromatic heterocycles. The predicted molar refractivity (Wildman–Crippen MR) is 93.6 cm³/mol. The van der Waals surface area contributed by atoms with Crippen LogP contribution in [0.3, 0.4) is 0 Å². The number of hydrogen-bond acceptors (Lipinski definition) is 4. The summed E-state index contributed by atoms with van der Waals surface area (Å²) in [5.41, 5.74) is 0.970. The number of para-hydroxylation sites is 1. The standard InChI is InChI=1S/C17H14ClN3O4/c18-14-3-1-2-4-15(14)20-10-11(9-16(20)22)17(23)19-12-5-7-13(8-6-12)21(24)25/h1-8,11H,9-10H2,(H,19,23)/t11-/m1/s1. The number of non-ortho nitro benzene ring substituents is 1. The molecule has 2 amide bonds. The molecule has 1 N–H and O–H groups in total. The summed E-state index contributed by atoms with van der Waals surface area (Å²) in [5, 5.41) is 13.8. The fourth-order valence-electron chi connectivity index (χ4n) is 2.70. The van der Waals surface area contributed by atoms with Crippen molar-refractivity contribution in [2.45, 2.75) is 6.42 Å². The normalized spacial score (nSPS) is 16.8. The van der Waals surface area contributed by atoms with E-state index in [0.717, 1.165) is 0 Å². The molecule has 128 valence electrons. The molecule has 0 bridgehead atoms. The molecule has 7 nitrogen and oxygen atoms in total. The van der Waals surface area contributed by atoms with Gasteiger partial charge in [-0.05, 0) is 24.3 Å². The van der Waals surface area contributed by atoms with E-state index in [1.165, 1.54) is 29.2 Å². The molecule has 25 heavy (non-hydrogen) atoms. The largest absolute Gasteiger partial charge is 0.326 e. The van der Waals surface area contributed by atoms with Crippen LogP contribution >= 0.6 is 11.6 Å². The molecule has 1 fully saturated rings. The highest BCUT2D eigenvalue weighted by atomic mass is 35.5. The molecule has 1 aliphatic rings. The molecule has 3 rings (SSSR count). The van der Waals surface area contributed by atoms with Crippen molar-refractivity contribution in [3.63, 3.8) is 0 Å². The van der Waals surface area contributed by atoms with Crippen LogP contribution in [0.2, 0.25) is 5.02 Å². The van der Waals surface area contributed by atoms with Gasteiger partial charge in [-0.25, -0.2) is 0 Å². The summed E-state index contributed by atoms with van der Waals surface area (Å²) in [4.78, 5) is 36.2. The van der Waals surface area contributed by atoms with E-state index in [4.69, 9.17) is 11.6 Å². The lowest BCUT2D eigenvalue weighted by atomic mass is 10.1. The number of carbonyl (C=O) groups excluding carboxylic acids is 2. The van der Waals surface area contributed by atoms with Gasteiger partial charge in [0.1, 0.15) is 0 Å². The Labute approximate surface area is 148 Å². The molecule has 2 aromatic rings. The van der Waals surface area contributed by atoms with Gasteiger partial charge in [0.15, 0.2) is 0 Å². The van der Waals surface area contributed by atoms with Crippen molar-refractivity contribution < 1.29 is 14.5 Å². The Morgan fingerprint density at radius 3 is 2.52 bits per heavy atom. The lowest BCUT2D eigenvalue weighted by molar-refractivity contribution is -0.384. The number of rotatable bonds is 4. The van der Waals surface area contributed by atoms with E-state index in [2.05, 4.69) is 5.32 Å². The van der Waals surface area contributed by atoms with Gasteiger partial charge in [0, 0.05) is 30.8 Å². The van der Waals surface area contributed by atoms with Crippen molar-refractivity contribution in [2.24, 2.45) is 5.92 Å². The summed E-state index contributed by atoms with van der Waals surface area (Å²) >= 11 is 6.12. The number of nitrogens with zero attached hydrogens (tertiary/aromatic N) is 2. The molecular weight excluding hydrogens is 346 g/mol. The maximum absolute atomic E-state index is 12.4. The van der Waals surface area contributed by atoms with Crippen LogP contribution in [0.4, 0.5) is 17.1 Å². The quantitative estimate of drug-likeness (QED) is 0.670. The van der Waals surface area contributed by atoms with Crippen molar-refractivity contribution in [3.8, 4) is 0 Å². The van der Waals surface area contributed by atoms with E-state index >= 15 is 0 Å². The minimum Gasteiger partial charge on any atom is -0.326 e. The van der Waals surface area contributed by atoms with Crippen LogP contribution in [-0.4, -0.2) is 23.3 Å². The molecule has 1 atom stereocenters. The molecule has 0 spiro atoms. The minimum atomic E-state index is -0.515. The summed E-state index contributed by atoms with van der Waals surface area (Å²) in [7, 11) is 0. The molecular formula is C17H14ClN3O4. The van der Waals surface area contributed by atoms with Crippen LogP contribution in [-0.2, 0) is 9.59 Å². The average molecular weight is 360 g/mol. The number of hydrogen-bond donors (Lipinski definition) is 1. The number of amides is 2. The lowest BCUT2D eigenvalue weighted by Crippen LogP contribution is -2.28. The van der Waals surface area contributed by atoms with Gasteiger partial charge in [-0.15, -0.1) is 0 Å². The highest BCUT2D eigenvalue weighted by molar-refractivity contribution is 6.33. The van der Waals surface area contributed by atoms with Gasteiger partial charge in [-0.3, -0.25) is 19.7 Å². The van der Waals surface area contributed by atoms with E-state index in [0.29, 0.717) is 16.4 Å². The van der Waals surface area contributed by atoms with E-state index in [9.17, 15) is 19.7 Å². The Morgan fingerprint density at radius 2 is 1.88 bits per heavy atom. The van der Waals surface area contributed by atoms with Gasteiger partial charge in [0.2, 0.25) is 11.8 Å². The first-order valence-corrected chi connectivity index (χ1v) is 7.93. The number of halogens is 1. The Kier molecular flexibility index (Phi) is 4.67. The zero-order chi connectivity index (χ0) is 18.0. The highest BCUT2D eigenvalue weighted by Gasteiger charge is 2.35. The number of anilines is 2. The van der Waals surface area contributed by atoms with Gasteiger partial charge in [0.05, 0.1) is 21.6 Å². The molecule has 1 heterocycles. The zero-order valence-electron chi connectivity index (χ0n) is 13.0. The van der Waals surface area contributed by atoms with E-state index < -0.39 is 10.8 Å². The number of nitrogens with one attached hydrogen (secondary N) is 1. The Hall–Kier alpha value is -2.93. The first-order chi connectivity index (χ1) is 12.0. The van der Waals surface area contributed by atoms with E-state index in [1.807, 2.05) is 0 Å². The van der Waals surface area contributed by atoms with Crippen LogP contribution in [0.5, 0.6) is 0 Å². The van der Waals surface area contributed by atoms with Crippen LogP contribution in [0, 0.1) is 16.0 Å². The average Bonchev–Trinajstić information content (AvgIpc) is 2.97. The first-order valence-electron chi connectivity index (χ1n) is 7.56. The van der Waals surface area contributed by atoms with Crippen LogP contribution in [0.1, 0.15) is 6.42 Å². The Bertz CT molecular complexity index is 838. The number of carbonyl (C=O) groups is 2. The summed E-state index contributed by atoms with van der Waals surface area (Å²) in [6.07, 6.45) is 0.0873. The van der Waals surface area contributed by atoms with Crippen LogP contribution in [0.15, 0.2) is 48.5 Å². The molecule has 8 heteroatoms. The highest BCUT2D eigenvalue weighted by Crippen LogP contribution is 2.31. The SMILES string of the molecule is O=C(Nc1ccc([N+](=O)[O-])cc1)[C@@H]1CC(=O)N(c2ccccc2Cl)C1. The van der Waals surface area contributed by atoms with Gasteiger partial charge in [0.25, 0.3) is 5.69 Å². The van der Waals surface area contributed by atoms with Crippen LogP contribution in [0.25, 0.3) is 0 Å². The van der Waals surface area contributed by atoms with Crippen molar-refractivity contribution in [3.05, 3.63) is 63.7 Å². The summed E-state index contributed by atoms with van der Waals surface area (Å²) < 4.78 is 0. The summed E-state index contributed by atoms with van der Waals surface area (Å²) in [6.45, 7) is 0.237. The Morgan fingerprint density at radius 1 is 1.20 bits per heavy atom. The lowest BCUT2D eigenvalue weighted by Gasteiger charge is -2.18. The van der Waals surface area contributed by atoms with Gasteiger partial charge < -0.3 is 10.2 Å². The van der Waals surface area contributed by atoms with Gasteiger partial charge >= 0.3 is 0 Å². The number of benzene rings is 2. The van der Waals surface area contributed by atoms with Crippen molar-refractivity contribution >= 4 is 40.5 Å². The molecule has 1 aliphatic heterocycles. The summed E-state index contributed by atoms with van der Waals surface area (Å²) in [6, 6.07) is 12.5. The minimum absolute atomic E-state index is 0.0565. The summed E-state index contributed by atoms with van der Waals surface area (Å²) in [5.74, 6) is -0.993. The molecule has 0 unspecified atom stereocenters. The molecule has 0 aliphatic carbocycles. The second-order valence-corrected chi connectivity index (χ2v) is 6.06. The third-order valence-corrected chi connectivity index (χ3v) is 4.30. The topological polar surface area (TPSA) is 92.5 Å². The molecule has 0 radical (unpaired) electrons. The fourth-order valence-corrected chi connectivity index (χ4v) is 2.94. The third kappa shape index (κ3) is 3.61. The van der Waals surface area contributed by atoms with E-state index in [-0.39, 0.29) is 30.5 Å². The zero-order valence-corrected chi connectivity index (χ0v) is 13.8. The maximum atomic E-state index is 12.4. The molecule has 2 aromatic carbocycles. The van der Waals surface area contributed by atoms with Crippen molar-refractivity contribution in [2.75, 3.05) is 16.8 Å². The molecule has 0 saturated carbocycles. The van der Waals surface area contributed by atoms with Gasteiger partial charge in [-0.2, -0.15) is 0 Å². The Balaban J connectivity index is 1.68. The second kappa shape index (κ2) is 6.90. The molecule has 1 saturated heterocycles. The third-order valence-electron chi connectivity index (χ3n) is 3.98.